The number of ether oxygens (including phenoxy) is 1. The average molecular weight is 533 g/mol. The number of sulfonamides is 1. The highest BCUT2D eigenvalue weighted by molar-refractivity contribution is 7.89. The first-order chi connectivity index (χ1) is 17.8. The van der Waals surface area contributed by atoms with Crippen LogP contribution in [0.3, 0.4) is 0 Å². The fourth-order valence-electron chi connectivity index (χ4n) is 4.22. The molecule has 188 valence electrons. The van der Waals surface area contributed by atoms with Gasteiger partial charge in [0.15, 0.2) is 6.23 Å². The molecule has 7 nitrogen and oxygen atoms in total. The van der Waals surface area contributed by atoms with Crippen LogP contribution in [0.1, 0.15) is 33.3 Å². The molecule has 1 fully saturated rings. The predicted molar refractivity (Wildman–Crippen MR) is 140 cm³/mol. The third-order valence-electron chi connectivity index (χ3n) is 6.12. The molecule has 1 saturated heterocycles. The van der Waals surface area contributed by atoms with E-state index < -0.39 is 33.8 Å². The molecule has 4 aromatic rings. The Morgan fingerprint density at radius 3 is 2.24 bits per heavy atom. The van der Waals surface area contributed by atoms with Crippen molar-refractivity contribution < 1.29 is 22.7 Å². The lowest BCUT2D eigenvalue weighted by Crippen LogP contribution is -2.57. The van der Waals surface area contributed by atoms with Crippen LogP contribution < -0.4 is 5.32 Å². The largest absolute Gasteiger partial charge is 0.317 e. The molecular weight excluding hydrogens is 508 g/mol. The van der Waals surface area contributed by atoms with Crippen LogP contribution in [0.25, 0.3) is 0 Å². The van der Waals surface area contributed by atoms with Gasteiger partial charge >= 0.3 is 0 Å². The summed E-state index contributed by atoms with van der Waals surface area (Å²) in [5, 5.41) is 6.25. The van der Waals surface area contributed by atoms with Crippen LogP contribution in [0.15, 0.2) is 107 Å². The fraction of sp³-hybridized carbons (Fsp3) is 0.143. The molecule has 2 unspecified atom stereocenters. The number of hydrogen-bond donors (Lipinski definition) is 1. The minimum absolute atomic E-state index is 0.0415. The molecule has 9 heteroatoms. The summed E-state index contributed by atoms with van der Waals surface area (Å²) in [4.78, 5) is 27.4. The lowest BCUT2D eigenvalue weighted by Gasteiger charge is -2.27. The monoisotopic (exact) mass is 532 g/mol. The number of hydrogen-bond acceptors (Lipinski definition) is 6. The summed E-state index contributed by atoms with van der Waals surface area (Å²) in [6.07, 6.45) is -1.32. The van der Waals surface area contributed by atoms with Gasteiger partial charge in [-0.05, 0) is 53.6 Å². The predicted octanol–water partition coefficient (Wildman–Crippen LogP) is 4.67. The Morgan fingerprint density at radius 1 is 0.973 bits per heavy atom. The van der Waals surface area contributed by atoms with Crippen molar-refractivity contribution in [2.45, 2.75) is 30.2 Å². The zero-order valence-corrected chi connectivity index (χ0v) is 21.5. The third kappa shape index (κ3) is 4.81. The van der Waals surface area contributed by atoms with E-state index in [9.17, 15) is 18.0 Å². The van der Waals surface area contributed by atoms with Gasteiger partial charge in [0.1, 0.15) is 0 Å². The van der Waals surface area contributed by atoms with Gasteiger partial charge in [0.05, 0.1) is 4.90 Å². The highest BCUT2D eigenvalue weighted by atomic mass is 32.2. The van der Waals surface area contributed by atoms with Gasteiger partial charge in [0.2, 0.25) is 5.72 Å². The normalized spacial score (nSPS) is 19.6. The Kier molecular flexibility index (Phi) is 6.68. The van der Waals surface area contributed by atoms with E-state index in [2.05, 4.69) is 5.32 Å². The molecule has 37 heavy (non-hydrogen) atoms. The molecule has 1 aliphatic heterocycles. The standard InChI is InChI=1S/C28H24N2O5S2/c1-20-12-14-24(15-13-20)37(33,34)30-26(23-16-17-36-19-23)35-28(27(30)32,18-21-8-4-2-5-9-21)29-25(31)22-10-6-3-7-11-22/h2-17,19,26H,18H2,1H3,(H,29,31). The van der Waals surface area contributed by atoms with Crippen molar-refractivity contribution >= 4 is 33.2 Å². The van der Waals surface area contributed by atoms with Crippen molar-refractivity contribution in [1.29, 1.82) is 0 Å². The van der Waals surface area contributed by atoms with Gasteiger partial charge in [-0.2, -0.15) is 15.6 Å². The van der Waals surface area contributed by atoms with Crippen LogP contribution >= 0.6 is 11.3 Å². The Balaban J connectivity index is 1.63. The second-order valence-corrected chi connectivity index (χ2v) is 11.4. The number of amides is 2. The summed E-state index contributed by atoms with van der Waals surface area (Å²) in [6.45, 7) is 1.85. The molecule has 5 rings (SSSR count). The first-order valence-corrected chi connectivity index (χ1v) is 14.0. The van der Waals surface area contributed by atoms with E-state index >= 15 is 0 Å². The van der Waals surface area contributed by atoms with Crippen molar-refractivity contribution in [1.82, 2.24) is 9.62 Å². The molecule has 0 spiro atoms. The molecule has 1 aliphatic rings. The lowest BCUT2D eigenvalue weighted by molar-refractivity contribution is -0.138. The van der Waals surface area contributed by atoms with Gasteiger partial charge in [0.25, 0.3) is 21.8 Å². The first-order valence-electron chi connectivity index (χ1n) is 11.6. The number of thiophene rings is 1. The zero-order valence-electron chi connectivity index (χ0n) is 19.9. The van der Waals surface area contributed by atoms with Crippen LogP contribution in [-0.4, -0.2) is 30.3 Å². The SMILES string of the molecule is Cc1ccc(S(=O)(=O)N2C(=O)C(Cc3ccccc3)(NC(=O)c3ccccc3)OC2c2ccsc2)cc1. The molecule has 0 radical (unpaired) electrons. The molecule has 1 N–H and O–H groups in total. The highest BCUT2D eigenvalue weighted by Crippen LogP contribution is 2.42. The Hall–Kier alpha value is -3.79. The van der Waals surface area contributed by atoms with E-state index in [0.717, 1.165) is 9.87 Å². The van der Waals surface area contributed by atoms with Gasteiger partial charge in [-0.1, -0.05) is 66.2 Å². The van der Waals surface area contributed by atoms with E-state index in [4.69, 9.17) is 4.74 Å². The second kappa shape index (κ2) is 9.93. The molecule has 1 aromatic heterocycles. The molecule has 2 amide bonds. The molecule has 0 bridgehead atoms. The Morgan fingerprint density at radius 2 is 1.62 bits per heavy atom. The molecule has 3 aromatic carbocycles. The van der Waals surface area contributed by atoms with Gasteiger partial charge in [-0.25, -0.2) is 8.42 Å². The van der Waals surface area contributed by atoms with Crippen LogP contribution in [0.2, 0.25) is 0 Å². The minimum atomic E-state index is -4.33. The summed E-state index contributed by atoms with van der Waals surface area (Å²) >= 11 is 1.35. The van der Waals surface area contributed by atoms with Crippen LogP contribution in [0.4, 0.5) is 0 Å². The number of carbonyl (C=O) groups excluding carboxylic acids is 2. The van der Waals surface area contributed by atoms with E-state index in [1.807, 2.05) is 13.0 Å². The molecule has 0 aliphatic carbocycles. The van der Waals surface area contributed by atoms with Crippen molar-refractivity contribution in [3.05, 3.63) is 124 Å². The maximum absolute atomic E-state index is 14.2. The van der Waals surface area contributed by atoms with Crippen molar-refractivity contribution in [2.24, 2.45) is 0 Å². The van der Waals surface area contributed by atoms with Gasteiger partial charge < -0.3 is 10.1 Å². The Bertz CT molecular complexity index is 1510. The Labute approximate surface area is 219 Å². The van der Waals surface area contributed by atoms with Crippen molar-refractivity contribution in [3.8, 4) is 0 Å². The number of benzene rings is 3. The number of nitrogens with one attached hydrogen (secondary N) is 1. The van der Waals surface area contributed by atoms with Crippen molar-refractivity contribution in [3.63, 3.8) is 0 Å². The van der Waals surface area contributed by atoms with Crippen LogP contribution in [0, 0.1) is 6.92 Å². The highest BCUT2D eigenvalue weighted by Gasteiger charge is 2.59. The number of aryl methyl sites for hydroxylation is 1. The molecular formula is C28H24N2O5S2. The maximum atomic E-state index is 14.2. The summed E-state index contributed by atoms with van der Waals surface area (Å²) in [7, 11) is -4.33. The van der Waals surface area contributed by atoms with Gasteiger partial charge in [-0.15, -0.1) is 0 Å². The maximum Gasteiger partial charge on any atom is 0.292 e. The number of carbonyl (C=O) groups is 2. The van der Waals surface area contributed by atoms with Crippen molar-refractivity contribution in [2.75, 3.05) is 0 Å². The number of rotatable bonds is 7. The number of nitrogens with zero attached hydrogens (tertiary/aromatic N) is 1. The van der Waals surface area contributed by atoms with E-state index in [-0.39, 0.29) is 11.3 Å². The third-order valence-corrected chi connectivity index (χ3v) is 8.57. The first kappa shape index (κ1) is 24.9. The quantitative estimate of drug-likeness (QED) is 0.373. The summed E-state index contributed by atoms with van der Waals surface area (Å²) in [5.41, 5.74) is 0.434. The molecule has 0 saturated carbocycles. The van der Waals surface area contributed by atoms with E-state index in [0.29, 0.717) is 16.7 Å². The minimum Gasteiger partial charge on any atom is -0.317 e. The molecule has 2 heterocycles. The van der Waals surface area contributed by atoms with Crippen LogP contribution in [-0.2, 0) is 26.0 Å². The molecule has 2 atom stereocenters. The summed E-state index contributed by atoms with van der Waals surface area (Å²) < 4.78 is 34.8. The van der Waals surface area contributed by atoms with E-state index in [1.165, 1.54) is 23.5 Å². The van der Waals surface area contributed by atoms with Crippen LogP contribution in [0.5, 0.6) is 0 Å². The van der Waals surface area contributed by atoms with Gasteiger partial charge in [0, 0.05) is 17.5 Å². The fourth-order valence-corrected chi connectivity index (χ4v) is 6.38. The smallest absolute Gasteiger partial charge is 0.292 e. The topological polar surface area (TPSA) is 92.8 Å². The van der Waals surface area contributed by atoms with Gasteiger partial charge in [-0.3, -0.25) is 9.59 Å². The van der Waals surface area contributed by atoms with E-state index in [1.54, 1.807) is 83.6 Å². The second-order valence-electron chi connectivity index (χ2n) is 8.76. The average Bonchev–Trinajstić information content (AvgIpc) is 3.53. The summed E-state index contributed by atoms with van der Waals surface area (Å²) in [5.74, 6) is -1.42. The summed E-state index contributed by atoms with van der Waals surface area (Å²) in [6, 6.07) is 25.4. The lowest BCUT2D eigenvalue weighted by atomic mass is 10.0. The zero-order chi connectivity index (χ0) is 26.0.